The van der Waals surface area contributed by atoms with Crippen LogP contribution in [0.1, 0.15) is 47.2 Å². The minimum Gasteiger partial charge on any atom is -0.381 e. The Bertz CT molecular complexity index is 1620. The average molecular weight is 509 g/mol. The van der Waals surface area contributed by atoms with Gasteiger partial charge in [0.1, 0.15) is 11.9 Å². The second kappa shape index (κ2) is 8.92. The number of carbonyl (C=O) groups excluding carboxylic acids is 2. The molecule has 0 saturated carbocycles. The third kappa shape index (κ3) is 3.71. The van der Waals surface area contributed by atoms with Crippen LogP contribution in [-0.4, -0.2) is 35.9 Å². The molecule has 7 rings (SSSR count). The Morgan fingerprint density at radius 2 is 1.74 bits per heavy atom. The molecule has 38 heavy (non-hydrogen) atoms. The number of amides is 3. The maximum absolute atomic E-state index is 13.9. The molecule has 3 aromatic carbocycles. The molecule has 0 bridgehead atoms. The zero-order chi connectivity index (χ0) is 25.8. The number of fused-ring (bicyclic) bond motifs is 2. The lowest BCUT2D eigenvalue weighted by molar-refractivity contribution is -0.120. The van der Waals surface area contributed by atoms with Gasteiger partial charge >= 0.3 is 6.03 Å². The summed E-state index contributed by atoms with van der Waals surface area (Å²) < 4.78 is 21.9. The van der Waals surface area contributed by atoms with Crippen LogP contribution in [0.5, 0.6) is 0 Å². The number of hydrogen-bond acceptors (Lipinski definition) is 4. The van der Waals surface area contributed by atoms with Gasteiger partial charge in [-0.05, 0) is 71.5 Å². The van der Waals surface area contributed by atoms with Crippen molar-refractivity contribution in [3.63, 3.8) is 0 Å². The van der Waals surface area contributed by atoms with Gasteiger partial charge in [0, 0.05) is 47.7 Å². The molecule has 4 aromatic rings. The first-order valence-corrected chi connectivity index (χ1v) is 12.8. The van der Waals surface area contributed by atoms with Crippen LogP contribution < -0.4 is 10.6 Å². The van der Waals surface area contributed by atoms with Gasteiger partial charge in [-0.1, -0.05) is 24.3 Å². The first kappa shape index (κ1) is 22.9. The lowest BCUT2D eigenvalue weighted by Gasteiger charge is -2.26. The summed E-state index contributed by atoms with van der Waals surface area (Å²) in [7, 11) is 0. The number of carbonyl (C=O) groups is 2. The highest BCUT2D eigenvalue weighted by molar-refractivity contribution is 6.05. The van der Waals surface area contributed by atoms with Crippen molar-refractivity contribution in [2.75, 3.05) is 13.2 Å². The first-order chi connectivity index (χ1) is 18.6. The van der Waals surface area contributed by atoms with Crippen molar-refractivity contribution in [3.05, 3.63) is 88.9 Å². The van der Waals surface area contributed by atoms with Gasteiger partial charge in [0.05, 0.1) is 12.1 Å². The molecule has 1 unspecified atom stereocenters. The van der Waals surface area contributed by atoms with E-state index in [1.807, 2.05) is 42.6 Å². The lowest BCUT2D eigenvalue weighted by Crippen LogP contribution is -2.22. The molecule has 3 amide bonds. The number of benzene rings is 3. The van der Waals surface area contributed by atoms with E-state index in [0.29, 0.717) is 19.8 Å². The van der Waals surface area contributed by atoms with Crippen molar-refractivity contribution in [3.8, 4) is 16.8 Å². The van der Waals surface area contributed by atoms with E-state index in [0.717, 1.165) is 51.7 Å². The average Bonchev–Trinajstić information content (AvgIpc) is 3.63. The molecule has 1 aromatic heterocycles. The lowest BCUT2D eigenvalue weighted by atomic mass is 9.89. The van der Waals surface area contributed by atoms with Crippen molar-refractivity contribution in [1.82, 2.24) is 15.2 Å². The second-order valence-electron chi connectivity index (χ2n) is 10.0. The molecule has 2 saturated heterocycles. The molecule has 0 spiro atoms. The molecule has 1 atom stereocenters. The smallest absolute Gasteiger partial charge is 0.322 e. The van der Waals surface area contributed by atoms with E-state index < -0.39 is 12.1 Å². The van der Waals surface area contributed by atoms with Gasteiger partial charge < -0.3 is 14.6 Å². The molecule has 2 fully saturated rings. The Balaban J connectivity index is 1.47. The van der Waals surface area contributed by atoms with E-state index in [4.69, 9.17) is 4.74 Å². The first-order valence-electron chi connectivity index (χ1n) is 12.8. The summed E-state index contributed by atoms with van der Waals surface area (Å²) in [6, 6.07) is 17.7. The highest BCUT2D eigenvalue weighted by atomic mass is 19.1. The number of rotatable bonds is 4. The number of urea groups is 1. The van der Waals surface area contributed by atoms with E-state index in [1.165, 1.54) is 23.4 Å². The van der Waals surface area contributed by atoms with Crippen LogP contribution in [0, 0.1) is 5.82 Å². The number of nitrogens with one attached hydrogen (secondary N) is 2. The van der Waals surface area contributed by atoms with Crippen molar-refractivity contribution < 1.29 is 18.7 Å². The summed E-state index contributed by atoms with van der Waals surface area (Å²) in [5, 5.41) is 6.07. The summed E-state index contributed by atoms with van der Waals surface area (Å²) in [6.45, 7) is 2.02. The Morgan fingerprint density at radius 3 is 2.45 bits per heavy atom. The molecule has 3 aliphatic heterocycles. The summed E-state index contributed by atoms with van der Waals surface area (Å²) in [5.41, 5.74) is 8.27. The van der Waals surface area contributed by atoms with Crippen LogP contribution in [0.4, 0.5) is 9.18 Å². The minimum absolute atomic E-state index is 0.249. The van der Waals surface area contributed by atoms with Crippen LogP contribution >= 0.6 is 0 Å². The van der Waals surface area contributed by atoms with Gasteiger partial charge in [-0.2, -0.15) is 0 Å². The molecular weight excluding hydrogens is 483 g/mol. The van der Waals surface area contributed by atoms with Crippen LogP contribution in [-0.2, 0) is 16.1 Å². The van der Waals surface area contributed by atoms with Crippen molar-refractivity contribution in [2.24, 2.45) is 4.99 Å². The number of imide groups is 1. The fourth-order valence-electron chi connectivity index (χ4n) is 5.94. The maximum atomic E-state index is 13.9. The number of nitrogens with zero attached hydrogens (tertiary/aromatic N) is 2. The van der Waals surface area contributed by atoms with Gasteiger partial charge in [0.15, 0.2) is 0 Å². The molecule has 0 radical (unpaired) electrons. The predicted molar refractivity (Wildman–Crippen MR) is 142 cm³/mol. The number of aliphatic imine (C=N–C) groups is 1. The van der Waals surface area contributed by atoms with Gasteiger partial charge in [-0.25, -0.2) is 9.18 Å². The zero-order valence-electron chi connectivity index (χ0n) is 20.5. The minimum atomic E-state index is -0.701. The monoisotopic (exact) mass is 508 g/mol. The second-order valence-corrected chi connectivity index (χ2v) is 10.0. The van der Waals surface area contributed by atoms with Crippen molar-refractivity contribution in [2.45, 2.75) is 31.3 Å². The zero-order valence-corrected chi connectivity index (χ0v) is 20.5. The van der Waals surface area contributed by atoms with E-state index in [1.54, 1.807) is 0 Å². The molecule has 3 aliphatic rings. The summed E-state index contributed by atoms with van der Waals surface area (Å²) >= 11 is 0. The van der Waals surface area contributed by atoms with Gasteiger partial charge in [0.2, 0.25) is 0 Å². The summed E-state index contributed by atoms with van der Waals surface area (Å²) in [5.74, 6) is -0.377. The fourth-order valence-corrected chi connectivity index (χ4v) is 5.94. The third-order valence-corrected chi connectivity index (χ3v) is 7.76. The van der Waals surface area contributed by atoms with Crippen LogP contribution in [0.3, 0.4) is 0 Å². The third-order valence-electron chi connectivity index (χ3n) is 7.76. The molecule has 7 nitrogen and oxygen atoms in total. The SMILES string of the molecule is O=C1NC(=O)C(c2ccc(-c3c(C4CCOCC4)n(-c4ccc(F)cc4)c4cc5c(cc34)CN=C5)cc2)N1. The van der Waals surface area contributed by atoms with Crippen LogP contribution in [0.2, 0.25) is 0 Å². The normalized spacial score (nSPS) is 19.1. The quantitative estimate of drug-likeness (QED) is 0.374. The van der Waals surface area contributed by atoms with Crippen LogP contribution in [0.25, 0.3) is 27.7 Å². The van der Waals surface area contributed by atoms with Crippen molar-refractivity contribution >= 4 is 29.1 Å². The maximum Gasteiger partial charge on any atom is 0.322 e. The molecule has 0 aliphatic carbocycles. The Labute approximate surface area is 218 Å². The topological polar surface area (TPSA) is 84.7 Å². The molecular formula is C30H25FN4O3. The van der Waals surface area contributed by atoms with Crippen LogP contribution in [0.15, 0.2) is 65.7 Å². The van der Waals surface area contributed by atoms with Gasteiger partial charge in [0.25, 0.3) is 5.91 Å². The van der Waals surface area contributed by atoms with Crippen molar-refractivity contribution in [1.29, 1.82) is 0 Å². The predicted octanol–water partition coefficient (Wildman–Crippen LogP) is 5.14. The Hall–Kier alpha value is -4.30. The summed E-state index contributed by atoms with van der Waals surface area (Å²) in [6.07, 6.45) is 3.69. The molecule has 8 heteroatoms. The van der Waals surface area contributed by atoms with E-state index in [2.05, 4.69) is 32.3 Å². The standard InChI is InChI=1S/C30H25FN4O3/c31-22-5-7-23(8-6-22)35-25-14-21-16-32-15-20(21)13-24(25)26(28(35)19-9-11-38-12-10-19)17-1-3-18(4-2-17)27-29(36)34-30(37)33-27/h1-8,13-14,16,19,27H,9-12,15H2,(H2,33,34,36,37). The highest BCUT2D eigenvalue weighted by Crippen LogP contribution is 2.44. The number of ether oxygens (including phenoxy) is 1. The molecule has 4 heterocycles. The van der Waals surface area contributed by atoms with E-state index in [9.17, 15) is 14.0 Å². The number of aromatic nitrogens is 1. The molecule has 2 N–H and O–H groups in total. The van der Waals surface area contributed by atoms with E-state index in [-0.39, 0.29) is 17.6 Å². The summed E-state index contributed by atoms with van der Waals surface area (Å²) in [4.78, 5) is 28.4. The Morgan fingerprint density at radius 1 is 0.974 bits per heavy atom. The van der Waals surface area contributed by atoms with Gasteiger partial charge in [-0.3, -0.25) is 15.1 Å². The molecule has 190 valence electrons. The highest BCUT2D eigenvalue weighted by Gasteiger charge is 2.32. The van der Waals surface area contributed by atoms with Gasteiger partial charge in [-0.15, -0.1) is 0 Å². The number of hydrogen-bond donors (Lipinski definition) is 2. The largest absolute Gasteiger partial charge is 0.381 e. The van der Waals surface area contributed by atoms with E-state index >= 15 is 0 Å². The fraction of sp³-hybridized carbons (Fsp3) is 0.233. The Kier molecular flexibility index (Phi) is 5.37. The number of halogens is 1.